The molecule has 0 unspecified atom stereocenters. The van der Waals surface area contributed by atoms with Gasteiger partial charge in [-0.25, -0.2) is 0 Å². The fourth-order valence-corrected chi connectivity index (χ4v) is 0.591. The van der Waals surface area contributed by atoms with Gasteiger partial charge in [0.25, 0.3) is 5.91 Å². The molecule has 0 spiro atoms. The van der Waals surface area contributed by atoms with E-state index >= 15 is 0 Å². The zero-order valence-electron chi connectivity index (χ0n) is 7.35. The van der Waals surface area contributed by atoms with E-state index in [4.69, 9.17) is 16.9 Å². The molecule has 0 radical (unpaired) electrons. The number of carbonyl (C=O) groups excluding carboxylic acids is 1. The Morgan fingerprint density at radius 3 is 2.46 bits per heavy atom. The topological polar surface area (TPSA) is 117 Å². The van der Waals surface area contributed by atoms with E-state index < -0.39 is 11.9 Å². The van der Waals surface area contributed by atoms with Crippen molar-refractivity contribution in [1.82, 2.24) is 10.6 Å². The molecule has 0 heterocycles. The van der Waals surface area contributed by atoms with Crippen molar-refractivity contribution >= 4 is 11.9 Å². The molecule has 6 heteroatoms. The van der Waals surface area contributed by atoms with E-state index in [1.807, 2.05) is 5.32 Å². The molecular formula is C7H13N5O. The standard InChI is InChI=1S/C7H13N5O/c1-3-11-4(2)5(8)6(13)12-7(9)10/h3,11H,1,8H2,2H3,(H4,9,10,12,13)/b5-4-. The molecule has 7 N–H and O–H groups in total. The summed E-state index contributed by atoms with van der Waals surface area (Å²) in [7, 11) is 0. The molecule has 0 saturated heterocycles. The van der Waals surface area contributed by atoms with E-state index in [-0.39, 0.29) is 5.70 Å². The van der Waals surface area contributed by atoms with Crippen LogP contribution in [-0.2, 0) is 4.79 Å². The minimum absolute atomic E-state index is 0.0323. The quantitative estimate of drug-likeness (QED) is 0.217. The van der Waals surface area contributed by atoms with Crippen LogP contribution < -0.4 is 22.1 Å². The van der Waals surface area contributed by atoms with Crippen molar-refractivity contribution < 1.29 is 4.79 Å². The maximum atomic E-state index is 11.1. The molecule has 0 fully saturated rings. The third-order valence-corrected chi connectivity index (χ3v) is 1.22. The Kier molecular flexibility index (Phi) is 4.08. The largest absolute Gasteiger partial charge is 0.393 e. The first-order valence-electron chi connectivity index (χ1n) is 3.48. The van der Waals surface area contributed by atoms with Gasteiger partial charge >= 0.3 is 0 Å². The smallest absolute Gasteiger partial charge is 0.275 e. The first-order valence-corrected chi connectivity index (χ1v) is 3.48. The number of rotatable bonds is 3. The van der Waals surface area contributed by atoms with Gasteiger partial charge in [0.05, 0.1) is 0 Å². The molecule has 6 nitrogen and oxygen atoms in total. The number of allylic oxidation sites excluding steroid dienone is 1. The van der Waals surface area contributed by atoms with Gasteiger partial charge in [0.15, 0.2) is 5.96 Å². The van der Waals surface area contributed by atoms with Gasteiger partial charge in [-0.1, -0.05) is 6.58 Å². The molecule has 0 aliphatic carbocycles. The van der Waals surface area contributed by atoms with Crippen molar-refractivity contribution in [1.29, 1.82) is 5.41 Å². The Balaban J connectivity index is 4.47. The third kappa shape index (κ3) is 3.80. The lowest BCUT2D eigenvalue weighted by atomic mass is 10.3. The molecule has 0 atom stereocenters. The summed E-state index contributed by atoms with van der Waals surface area (Å²) in [5.74, 6) is -1.06. The molecule has 0 aromatic carbocycles. The Morgan fingerprint density at radius 2 is 2.08 bits per heavy atom. The van der Waals surface area contributed by atoms with Crippen molar-refractivity contribution in [3.63, 3.8) is 0 Å². The Bertz CT molecular complexity index is 268. The summed E-state index contributed by atoms with van der Waals surface area (Å²) in [6, 6.07) is 0. The number of nitrogens with one attached hydrogen (secondary N) is 3. The molecule has 0 aliphatic heterocycles. The summed E-state index contributed by atoms with van der Waals surface area (Å²) in [6.45, 7) is 5.01. The first-order chi connectivity index (χ1) is 5.99. The van der Waals surface area contributed by atoms with Crippen LogP contribution in [0.2, 0.25) is 0 Å². The molecular weight excluding hydrogens is 170 g/mol. The van der Waals surface area contributed by atoms with E-state index in [1.54, 1.807) is 6.92 Å². The predicted octanol–water partition coefficient (Wildman–Crippen LogP) is -1.08. The molecule has 0 aromatic rings. The molecule has 1 amide bonds. The maximum Gasteiger partial charge on any atom is 0.275 e. The Hall–Kier alpha value is -1.98. The van der Waals surface area contributed by atoms with E-state index in [9.17, 15) is 4.79 Å². The fourth-order valence-electron chi connectivity index (χ4n) is 0.591. The van der Waals surface area contributed by atoms with Gasteiger partial charge in [0.2, 0.25) is 0 Å². The number of hydrogen-bond donors (Lipinski definition) is 5. The summed E-state index contributed by atoms with van der Waals surface area (Å²) in [4.78, 5) is 11.1. The second-order valence-electron chi connectivity index (χ2n) is 2.25. The summed E-state index contributed by atoms with van der Waals surface area (Å²) in [5, 5.41) is 11.5. The van der Waals surface area contributed by atoms with E-state index in [1.165, 1.54) is 6.20 Å². The van der Waals surface area contributed by atoms with Crippen molar-refractivity contribution in [2.45, 2.75) is 6.92 Å². The Morgan fingerprint density at radius 1 is 1.54 bits per heavy atom. The van der Waals surface area contributed by atoms with Gasteiger partial charge in [0.1, 0.15) is 5.70 Å². The minimum atomic E-state index is -0.612. The van der Waals surface area contributed by atoms with Gasteiger partial charge in [-0.2, -0.15) is 0 Å². The van der Waals surface area contributed by atoms with Crippen molar-refractivity contribution in [3.8, 4) is 0 Å². The normalized spacial score (nSPS) is 11.2. The third-order valence-electron chi connectivity index (χ3n) is 1.22. The number of hydrogen-bond acceptors (Lipinski definition) is 4. The second-order valence-corrected chi connectivity index (χ2v) is 2.25. The molecule has 0 rings (SSSR count). The van der Waals surface area contributed by atoms with Crippen LogP contribution in [-0.4, -0.2) is 11.9 Å². The molecule has 72 valence electrons. The van der Waals surface area contributed by atoms with Crippen molar-refractivity contribution in [2.24, 2.45) is 11.5 Å². The average Bonchev–Trinajstić information content (AvgIpc) is 2.02. The maximum absolute atomic E-state index is 11.1. The number of amides is 1. The van der Waals surface area contributed by atoms with Crippen LogP contribution in [0.1, 0.15) is 6.92 Å². The highest BCUT2D eigenvalue weighted by Gasteiger charge is 2.08. The summed E-state index contributed by atoms with van der Waals surface area (Å²) in [5.41, 5.74) is 10.8. The molecule has 0 aromatic heterocycles. The molecule has 0 saturated carbocycles. The monoisotopic (exact) mass is 183 g/mol. The van der Waals surface area contributed by atoms with Gasteiger partial charge in [-0.3, -0.25) is 15.5 Å². The highest BCUT2D eigenvalue weighted by molar-refractivity contribution is 6.03. The van der Waals surface area contributed by atoms with Gasteiger partial charge < -0.3 is 16.8 Å². The van der Waals surface area contributed by atoms with Gasteiger partial charge in [-0.05, 0) is 13.1 Å². The average molecular weight is 183 g/mol. The van der Waals surface area contributed by atoms with Crippen LogP contribution in [0.15, 0.2) is 24.2 Å². The predicted molar refractivity (Wildman–Crippen MR) is 50.3 cm³/mol. The highest BCUT2D eigenvalue weighted by Crippen LogP contribution is 1.92. The summed E-state index contributed by atoms with van der Waals surface area (Å²) < 4.78 is 0. The SMILES string of the molecule is C=CN/C(C)=C(\N)C(=O)NC(=N)N. The van der Waals surface area contributed by atoms with Gasteiger partial charge in [-0.15, -0.1) is 0 Å². The number of nitrogens with two attached hydrogens (primary N) is 2. The van der Waals surface area contributed by atoms with Crippen LogP contribution in [0.25, 0.3) is 0 Å². The Labute approximate surface area is 76.2 Å². The van der Waals surface area contributed by atoms with Crippen LogP contribution in [0.5, 0.6) is 0 Å². The molecule has 13 heavy (non-hydrogen) atoms. The summed E-state index contributed by atoms with van der Waals surface area (Å²) >= 11 is 0. The lowest BCUT2D eigenvalue weighted by Crippen LogP contribution is -2.39. The lowest BCUT2D eigenvalue weighted by Gasteiger charge is -2.06. The fraction of sp³-hybridized carbons (Fsp3) is 0.143. The van der Waals surface area contributed by atoms with Crippen LogP contribution in [0, 0.1) is 5.41 Å². The zero-order chi connectivity index (χ0) is 10.4. The second kappa shape index (κ2) is 4.81. The van der Waals surface area contributed by atoms with E-state index in [2.05, 4.69) is 11.9 Å². The van der Waals surface area contributed by atoms with Crippen LogP contribution in [0.3, 0.4) is 0 Å². The van der Waals surface area contributed by atoms with Crippen molar-refractivity contribution in [2.75, 3.05) is 0 Å². The highest BCUT2D eigenvalue weighted by atomic mass is 16.2. The van der Waals surface area contributed by atoms with E-state index in [0.29, 0.717) is 5.70 Å². The molecule has 0 aliphatic rings. The van der Waals surface area contributed by atoms with E-state index in [0.717, 1.165) is 0 Å². The number of carbonyl (C=O) groups is 1. The minimum Gasteiger partial charge on any atom is -0.393 e. The number of guanidine groups is 1. The first kappa shape index (κ1) is 11.0. The lowest BCUT2D eigenvalue weighted by molar-refractivity contribution is -0.116. The van der Waals surface area contributed by atoms with Crippen molar-refractivity contribution in [3.05, 3.63) is 24.2 Å². The molecule has 0 bridgehead atoms. The van der Waals surface area contributed by atoms with Gasteiger partial charge in [0, 0.05) is 5.70 Å². The summed E-state index contributed by atoms with van der Waals surface area (Å²) in [6.07, 6.45) is 1.39. The zero-order valence-corrected chi connectivity index (χ0v) is 7.35. The van der Waals surface area contributed by atoms with Crippen LogP contribution >= 0.6 is 0 Å². The van der Waals surface area contributed by atoms with Crippen LogP contribution in [0.4, 0.5) is 0 Å².